The molecule has 0 spiro atoms. The topological polar surface area (TPSA) is 99.9 Å². The summed E-state index contributed by atoms with van der Waals surface area (Å²) in [5, 5.41) is 2.93. The van der Waals surface area contributed by atoms with Gasteiger partial charge in [0.2, 0.25) is 5.91 Å². The van der Waals surface area contributed by atoms with Crippen LogP contribution in [0.15, 0.2) is 35.5 Å². The van der Waals surface area contributed by atoms with Gasteiger partial charge >= 0.3 is 0 Å². The molecule has 0 radical (unpaired) electrons. The summed E-state index contributed by atoms with van der Waals surface area (Å²) in [5.41, 5.74) is 1.37. The fourth-order valence-corrected chi connectivity index (χ4v) is 2.97. The molecule has 3 aromatic rings. The van der Waals surface area contributed by atoms with Gasteiger partial charge in [-0.1, -0.05) is 0 Å². The quantitative estimate of drug-likeness (QED) is 0.751. The third-order valence-electron chi connectivity index (χ3n) is 4.05. The summed E-state index contributed by atoms with van der Waals surface area (Å²) in [5.74, 6) is 1.44. The van der Waals surface area contributed by atoms with Crippen LogP contribution in [0.1, 0.15) is 18.6 Å². The molecule has 3 aromatic heterocycles. The first-order chi connectivity index (χ1) is 11.3. The van der Waals surface area contributed by atoms with Crippen molar-refractivity contribution in [3.05, 3.63) is 36.8 Å². The van der Waals surface area contributed by atoms with Crippen LogP contribution in [-0.4, -0.2) is 38.4 Å². The number of anilines is 1. The van der Waals surface area contributed by atoms with Crippen LogP contribution in [0, 0.1) is 0 Å². The first-order valence-electron chi connectivity index (χ1n) is 7.54. The average molecular weight is 312 g/mol. The lowest BCUT2D eigenvalue weighted by atomic mass is 10.2. The van der Waals surface area contributed by atoms with E-state index in [1.807, 2.05) is 11.0 Å². The molecule has 4 heterocycles. The van der Waals surface area contributed by atoms with Crippen molar-refractivity contribution >= 4 is 22.9 Å². The van der Waals surface area contributed by atoms with Crippen LogP contribution in [0.5, 0.6) is 0 Å². The highest BCUT2D eigenvalue weighted by Gasteiger charge is 2.33. The smallest absolute Gasteiger partial charge is 0.243 e. The number of aromatic amines is 1. The van der Waals surface area contributed by atoms with E-state index in [1.54, 1.807) is 18.7 Å². The number of carbonyl (C=O) groups excluding carboxylic acids is 1. The van der Waals surface area contributed by atoms with Crippen molar-refractivity contribution in [2.75, 3.05) is 11.4 Å². The summed E-state index contributed by atoms with van der Waals surface area (Å²) in [6.07, 6.45) is 6.40. The number of fused-ring (bicyclic) bond motifs is 1. The molecule has 1 aliphatic heterocycles. The maximum absolute atomic E-state index is 12.5. The SMILES string of the molecule is O=C(NCc1ccco1)C1CCCN1c1ncnc2nc[nH]c12. The van der Waals surface area contributed by atoms with E-state index in [1.165, 1.54) is 6.33 Å². The van der Waals surface area contributed by atoms with Gasteiger partial charge in [0, 0.05) is 6.54 Å². The third-order valence-corrected chi connectivity index (χ3v) is 4.05. The van der Waals surface area contributed by atoms with Crippen molar-refractivity contribution in [1.82, 2.24) is 25.3 Å². The molecule has 118 valence electrons. The molecule has 0 bridgehead atoms. The van der Waals surface area contributed by atoms with Gasteiger partial charge in [0.05, 0.1) is 19.1 Å². The van der Waals surface area contributed by atoms with Gasteiger partial charge in [0.25, 0.3) is 0 Å². The fraction of sp³-hybridized carbons (Fsp3) is 0.333. The van der Waals surface area contributed by atoms with Crippen molar-refractivity contribution in [3.8, 4) is 0 Å². The van der Waals surface area contributed by atoms with Gasteiger partial charge in [-0.05, 0) is 25.0 Å². The lowest BCUT2D eigenvalue weighted by Gasteiger charge is -2.24. The first-order valence-corrected chi connectivity index (χ1v) is 7.54. The Bertz CT molecular complexity index is 812. The van der Waals surface area contributed by atoms with E-state index in [9.17, 15) is 4.79 Å². The standard InChI is InChI=1S/C15H16N6O2/c22-15(16-7-10-3-2-6-23-10)11-4-1-5-21(11)14-12-13(18-8-17-12)19-9-20-14/h2-3,6,8-9,11H,1,4-5,7H2,(H,16,22)(H,17,18,19,20). The number of rotatable bonds is 4. The Morgan fingerprint density at radius 1 is 1.43 bits per heavy atom. The summed E-state index contributed by atoms with van der Waals surface area (Å²) in [4.78, 5) is 30.2. The molecule has 0 aliphatic carbocycles. The Hall–Kier alpha value is -2.90. The Morgan fingerprint density at radius 2 is 2.39 bits per heavy atom. The van der Waals surface area contributed by atoms with Crippen molar-refractivity contribution in [1.29, 1.82) is 0 Å². The number of furan rings is 1. The number of H-pyrrole nitrogens is 1. The summed E-state index contributed by atoms with van der Waals surface area (Å²) >= 11 is 0. The van der Waals surface area contributed by atoms with Crippen molar-refractivity contribution in [3.63, 3.8) is 0 Å². The van der Waals surface area contributed by atoms with Crippen LogP contribution in [0.25, 0.3) is 11.2 Å². The van der Waals surface area contributed by atoms with Gasteiger partial charge < -0.3 is 19.6 Å². The molecule has 0 saturated carbocycles. The maximum atomic E-state index is 12.5. The van der Waals surface area contributed by atoms with Gasteiger partial charge in [-0.15, -0.1) is 0 Å². The van der Waals surface area contributed by atoms with E-state index in [0.29, 0.717) is 12.2 Å². The molecule has 8 nitrogen and oxygen atoms in total. The Balaban J connectivity index is 1.54. The van der Waals surface area contributed by atoms with Crippen molar-refractivity contribution < 1.29 is 9.21 Å². The predicted octanol–water partition coefficient (Wildman–Crippen LogP) is 1.23. The third kappa shape index (κ3) is 2.52. The second-order valence-corrected chi connectivity index (χ2v) is 5.45. The minimum atomic E-state index is -0.244. The lowest BCUT2D eigenvalue weighted by molar-refractivity contribution is -0.122. The molecule has 1 amide bonds. The van der Waals surface area contributed by atoms with Crippen LogP contribution >= 0.6 is 0 Å². The summed E-state index contributed by atoms with van der Waals surface area (Å²) in [6, 6.07) is 3.40. The molecule has 4 rings (SSSR count). The number of carbonyl (C=O) groups is 1. The molecule has 1 aliphatic rings. The molecule has 23 heavy (non-hydrogen) atoms. The van der Waals surface area contributed by atoms with Crippen LogP contribution in [0.4, 0.5) is 5.82 Å². The van der Waals surface area contributed by atoms with E-state index in [4.69, 9.17) is 4.42 Å². The largest absolute Gasteiger partial charge is 0.467 e. The lowest BCUT2D eigenvalue weighted by Crippen LogP contribution is -2.43. The van der Waals surface area contributed by atoms with E-state index in [0.717, 1.165) is 36.5 Å². The predicted molar refractivity (Wildman–Crippen MR) is 82.6 cm³/mol. The average Bonchev–Trinajstić information content (AvgIpc) is 3.32. The first kappa shape index (κ1) is 13.7. The zero-order chi connectivity index (χ0) is 15.6. The Morgan fingerprint density at radius 3 is 3.26 bits per heavy atom. The van der Waals surface area contributed by atoms with Gasteiger partial charge in [-0.3, -0.25) is 4.79 Å². The number of amides is 1. The number of hydrogen-bond donors (Lipinski definition) is 2. The van der Waals surface area contributed by atoms with Crippen LogP contribution in [0.3, 0.4) is 0 Å². The molecular formula is C15H16N6O2. The normalized spacial score (nSPS) is 17.7. The number of imidazole rings is 1. The monoisotopic (exact) mass is 312 g/mol. The van der Waals surface area contributed by atoms with E-state index in [2.05, 4.69) is 25.3 Å². The maximum Gasteiger partial charge on any atom is 0.243 e. The van der Waals surface area contributed by atoms with Gasteiger partial charge in [-0.25, -0.2) is 15.0 Å². The summed E-state index contributed by atoms with van der Waals surface area (Å²) < 4.78 is 5.24. The van der Waals surface area contributed by atoms with Crippen molar-refractivity contribution in [2.24, 2.45) is 0 Å². The minimum absolute atomic E-state index is 0.0230. The zero-order valence-corrected chi connectivity index (χ0v) is 12.4. The summed E-state index contributed by atoms with van der Waals surface area (Å²) in [6.45, 7) is 1.17. The highest BCUT2D eigenvalue weighted by atomic mass is 16.3. The van der Waals surface area contributed by atoms with E-state index >= 15 is 0 Å². The van der Waals surface area contributed by atoms with Gasteiger partial charge in [0.1, 0.15) is 23.6 Å². The molecule has 8 heteroatoms. The zero-order valence-electron chi connectivity index (χ0n) is 12.4. The van der Waals surface area contributed by atoms with E-state index in [-0.39, 0.29) is 11.9 Å². The molecule has 1 saturated heterocycles. The number of aromatic nitrogens is 4. The second kappa shape index (κ2) is 5.71. The second-order valence-electron chi connectivity index (χ2n) is 5.45. The fourth-order valence-electron chi connectivity index (χ4n) is 2.97. The molecule has 1 fully saturated rings. The molecule has 0 aromatic carbocycles. The van der Waals surface area contributed by atoms with Crippen LogP contribution in [-0.2, 0) is 11.3 Å². The van der Waals surface area contributed by atoms with Crippen LogP contribution < -0.4 is 10.2 Å². The number of hydrogen-bond acceptors (Lipinski definition) is 6. The Kier molecular flexibility index (Phi) is 3.41. The van der Waals surface area contributed by atoms with Gasteiger partial charge in [-0.2, -0.15) is 0 Å². The van der Waals surface area contributed by atoms with Gasteiger partial charge in [0.15, 0.2) is 11.5 Å². The number of nitrogens with zero attached hydrogens (tertiary/aromatic N) is 4. The van der Waals surface area contributed by atoms with Crippen molar-refractivity contribution in [2.45, 2.75) is 25.4 Å². The highest BCUT2D eigenvalue weighted by molar-refractivity contribution is 5.90. The molecule has 2 N–H and O–H groups in total. The molecule has 1 unspecified atom stereocenters. The summed E-state index contributed by atoms with van der Waals surface area (Å²) in [7, 11) is 0. The Labute approximate surface area is 131 Å². The van der Waals surface area contributed by atoms with E-state index < -0.39 is 0 Å². The minimum Gasteiger partial charge on any atom is -0.467 e. The number of nitrogens with one attached hydrogen (secondary N) is 2. The highest BCUT2D eigenvalue weighted by Crippen LogP contribution is 2.28. The molecule has 1 atom stereocenters. The molecular weight excluding hydrogens is 296 g/mol. The van der Waals surface area contributed by atoms with Crippen LogP contribution in [0.2, 0.25) is 0 Å².